The molecular weight excluding hydrogens is 554 g/mol. The lowest BCUT2D eigenvalue weighted by Gasteiger charge is -2.61. The third kappa shape index (κ3) is 5.16. The van der Waals surface area contributed by atoms with E-state index in [1.54, 1.807) is 0 Å². The number of ether oxygens (including phenoxy) is 2. The lowest BCUT2D eigenvalue weighted by molar-refractivity contribution is -0.273. The van der Waals surface area contributed by atoms with Gasteiger partial charge in [0, 0.05) is 51.1 Å². The number of fused-ring (bicyclic) bond motifs is 7. The molecule has 7 aliphatic rings. The van der Waals surface area contributed by atoms with Crippen LogP contribution in [0.1, 0.15) is 98.3 Å². The first kappa shape index (κ1) is 31.4. The molecule has 8 heteroatoms. The summed E-state index contributed by atoms with van der Waals surface area (Å²) in [6, 6.07) is 0.190. The van der Waals surface area contributed by atoms with E-state index in [2.05, 4.69) is 37.9 Å². The maximum Gasteiger partial charge on any atom is 0.232 e. The van der Waals surface area contributed by atoms with Crippen molar-refractivity contribution in [3.8, 4) is 0 Å². The van der Waals surface area contributed by atoms with Gasteiger partial charge in [-0.1, -0.05) is 27.7 Å². The van der Waals surface area contributed by atoms with Gasteiger partial charge in [-0.05, 0) is 104 Å². The van der Waals surface area contributed by atoms with Crippen LogP contribution in [0.4, 0.5) is 0 Å². The molecule has 12 atom stereocenters. The molecule has 0 unspecified atom stereocenters. The molecule has 8 nitrogen and oxygen atoms in total. The van der Waals surface area contributed by atoms with Crippen molar-refractivity contribution in [1.29, 1.82) is 0 Å². The number of hydrogen-bond acceptors (Lipinski definition) is 6. The number of piperazine rings is 1. The van der Waals surface area contributed by atoms with Gasteiger partial charge < -0.3 is 24.8 Å². The van der Waals surface area contributed by atoms with E-state index in [1.807, 2.05) is 4.90 Å². The van der Waals surface area contributed by atoms with Crippen LogP contribution in [0, 0.1) is 52.3 Å². The molecule has 44 heavy (non-hydrogen) atoms. The van der Waals surface area contributed by atoms with Crippen LogP contribution < -0.4 is 5.32 Å². The summed E-state index contributed by atoms with van der Waals surface area (Å²) in [5, 5.41) is 12.4. The maximum absolute atomic E-state index is 13.0. The maximum atomic E-state index is 13.0. The Bertz CT molecular complexity index is 1090. The van der Waals surface area contributed by atoms with E-state index in [9.17, 15) is 9.59 Å². The number of nitrogens with one attached hydrogen (secondary N) is 1. The molecule has 3 heterocycles. The fraction of sp³-hybridized carbons (Fsp3) is 0.944. The molecule has 7 rings (SSSR count). The molecule has 0 bridgehead atoms. The molecule has 1 spiro atoms. The molecule has 2 N–H and O–H groups in total. The van der Waals surface area contributed by atoms with Crippen molar-refractivity contribution in [2.24, 2.45) is 52.3 Å². The van der Waals surface area contributed by atoms with Gasteiger partial charge in [0.2, 0.25) is 11.8 Å². The van der Waals surface area contributed by atoms with Crippen molar-refractivity contribution in [3.63, 3.8) is 0 Å². The van der Waals surface area contributed by atoms with Crippen LogP contribution in [0.3, 0.4) is 0 Å². The molecule has 2 amide bonds. The first-order valence-corrected chi connectivity index (χ1v) is 18.3. The second kappa shape index (κ2) is 11.8. The van der Waals surface area contributed by atoms with Crippen molar-refractivity contribution in [2.45, 2.75) is 116 Å². The van der Waals surface area contributed by atoms with Gasteiger partial charge in [0.25, 0.3) is 0 Å². The predicted octanol–water partition coefficient (Wildman–Crippen LogP) is 4.44. The molecule has 7 fully saturated rings. The lowest BCUT2D eigenvalue weighted by Crippen LogP contribution is -2.56. The second-order valence-corrected chi connectivity index (χ2v) is 16.8. The van der Waals surface area contributed by atoms with Crippen molar-refractivity contribution in [1.82, 2.24) is 15.1 Å². The highest BCUT2D eigenvalue weighted by atomic mass is 16.7. The molecule has 0 aromatic carbocycles. The first-order chi connectivity index (χ1) is 21.1. The third-order valence-electron chi connectivity index (χ3n) is 14.8. The summed E-state index contributed by atoms with van der Waals surface area (Å²) in [5.74, 6) is 4.20. The molecule has 3 aliphatic heterocycles. The number of carbonyl (C=O) groups is 2. The van der Waals surface area contributed by atoms with Crippen LogP contribution in [0.25, 0.3) is 0 Å². The Morgan fingerprint density at radius 1 is 0.909 bits per heavy atom. The average Bonchev–Trinajstić information content (AvgIpc) is 3.45. The monoisotopic (exact) mass is 613 g/mol. The van der Waals surface area contributed by atoms with E-state index in [0.717, 1.165) is 56.7 Å². The molecule has 0 radical (unpaired) electrons. The Hall–Kier alpha value is -1.22. The van der Waals surface area contributed by atoms with E-state index < -0.39 is 0 Å². The van der Waals surface area contributed by atoms with E-state index in [4.69, 9.17) is 14.6 Å². The van der Waals surface area contributed by atoms with Gasteiger partial charge in [0.15, 0.2) is 5.79 Å². The average molecular weight is 614 g/mol. The number of carbonyl (C=O) groups excluding carboxylic acids is 2. The number of aliphatic hydroxyl groups excluding tert-OH is 1. The SMILES string of the molecule is C[C@@H]1CC[C@@]2(OC1)O[C@H]1C[C@H]3[C@@H]4CC[C@@H]5C[C@H](NC(=O)CC(=O)N6CCN(CCO)CC6)CC[C@]5(C)[C@H]4CC[C@]3(C)[C@H]1[C@@H]2C. The van der Waals surface area contributed by atoms with Crippen LogP contribution in [-0.4, -0.2) is 90.6 Å². The van der Waals surface area contributed by atoms with Gasteiger partial charge in [-0.3, -0.25) is 14.5 Å². The molecular formula is C36H59N3O5. The summed E-state index contributed by atoms with van der Waals surface area (Å²) < 4.78 is 13.5. The summed E-state index contributed by atoms with van der Waals surface area (Å²) in [7, 11) is 0. The Morgan fingerprint density at radius 3 is 2.41 bits per heavy atom. The van der Waals surface area contributed by atoms with E-state index >= 15 is 0 Å². The Kier molecular flexibility index (Phi) is 8.41. The largest absolute Gasteiger partial charge is 0.395 e. The van der Waals surface area contributed by atoms with Gasteiger partial charge in [-0.25, -0.2) is 0 Å². The molecule has 0 aromatic rings. The fourth-order valence-corrected chi connectivity index (χ4v) is 12.3. The summed E-state index contributed by atoms with van der Waals surface area (Å²) in [6.45, 7) is 14.4. The molecule has 0 aromatic heterocycles. The van der Waals surface area contributed by atoms with E-state index in [0.29, 0.717) is 60.2 Å². The van der Waals surface area contributed by atoms with Gasteiger partial charge in [-0.15, -0.1) is 0 Å². The highest BCUT2D eigenvalue weighted by molar-refractivity contribution is 5.97. The Morgan fingerprint density at radius 2 is 1.68 bits per heavy atom. The smallest absolute Gasteiger partial charge is 0.232 e. The van der Waals surface area contributed by atoms with Gasteiger partial charge in [0.1, 0.15) is 6.42 Å². The lowest BCUT2D eigenvalue weighted by atomic mass is 9.44. The van der Waals surface area contributed by atoms with Crippen LogP contribution in [0.15, 0.2) is 0 Å². The number of rotatable bonds is 5. The number of amides is 2. The Labute approximate surface area is 265 Å². The highest BCUT2D eigenvalue weighted by Gasteiger charge is 2.69. The zero-order valence-electron chi connectivity index (χ0n) is 27.9. The zero-order chi connectivity index (χ0) is 30.9. The number of aliphatic hydroxyl groups is 1. The number of β-amino-alcohol motifs (C(OH)–C–C–N with tert-alkyl or cyclic N) is 1. The topological polar surface area (TPSA) is 91.3 Å². The van der Waals surface area contributed by atoms with Crippen molar-refractivity contribution in [2.75, 3.05) is 45.9 Å². The van der Waals surface area contributed by atoms with Crippen molar-refractivity contribution < 1.29 is 24.2 Å². The van der Waals surface area contributed by atoms with Crippen molar-refractivity contribution >= 4 is 11.8 Å². The normalized spacial score (nSPS) is 48.8. The summed E-state index contributed by atoms with van der Waals surface area (Å²) in [5.41, 5.74) is 0.705. The second-order valence-electron chi connectivity index (χ2n) is 16.8. The van der Waals surface area contributed by atoms with Crippen LogP contribution in [-0.2, 0) is 19.1 Å². The number of nitrogens with zero attached hydrogens (tertiary/aromatic N) is 2. The first-order valence-electron chi connectivity index (χ1n) is 18.3. The third-order valence-corrected chi connectivity index (χ3v) is 14.8. The van der Waals surface area contributed by atoms with Crippen LogP contribution in [0.5, 0.6) is 0 Å². The van der Waals surface area contributed by atoms with Crippen molar-refractivity contribution in [3.05, 3.63) is 0 Å². The standard InChI is InChI=1S/C36H59N3O5/c1-23-7-12-36(43-22-23)24(2)33-30(44-36)20-29-27-6-5-25-19-26(8-10-34(25,3)28(27)9-11-35(29,33)4)37-31(41)21-32(42)39-15-13-38(14-16-39)17-18-40/h23-30,33,40H,5-22H2,1-4H3,(H,37,41)/t23-,24+,25-,26-,27-,28+,29+,30+,33+,34+,35+,36-/m1/s1. The summed E-state index contributed by atoms with van der Waals surface area (Å²) >= 11 is 0. The Balaban J connectivity index is 0.943. The van der Waals surface area contributed by atoms with Crippen LogP contribution >= 0.6 is 0 Å². The van der Waals surface area contributed by atoms with E-state index in [1.165, 1.54) is 44.9 Å². The summed E-state index contributed by atoms with van der Waals surface area (Å²) in [4.78, 5) is 29.8. The number of hydrogen-bond donors (Lipinski definition) is 2. The van der Waals surface area contributed by atoms with E-state index in [-0.39, 0.29) is 36.7 Å². The summed E-state index contributed by atoms with van der Waals surface area (Å²) in [6.07, 6.45) is 12.3. The minimum Gasteiger partial charge on any atom is -0.395 e. The predicted molar refractivity (Wildman–Crippen MR) is 168 cm³/mol. The minimum atomic E-state index is -0.334. The van der Waals surface area contributed by atoms with Gasteiger partial charge in [-0.2, -0.15) is 0 Å². The molecule has 3 saturated heterocycles. The quantitative estimate of drug-likeness (QED) is 0.446. The molecule has 4 aliphatic carbocycles. The van der Waals surface area contributed by atoms with Crippen LogP contribution in [0.2, 0.25) is 0 Å². The zero-order valence-corrected chi connectivity index (χ0v) is 27.9. The van der Waals surface area contributed by atoms with Gasteiger partial charge >= 0.3 is 0 Å². The fourth-order valence-electron chi connectivity index (χ4n) is 12.3. The highest BCUT2D eigenvalue weighted by Crippen LogP contribution is 2.71. The minimum absolute atomic E-state index is 0.0441. The molecule has 4 saturated carbocycles. The molecule has 248 valence electrons. The van der Waals surface area contributed by atoms with Gasteiger partial charge in [0.05, 0.1) is 19.3 Å².